The molecule has 0 unspecified atom stereocenters. The predicted octanol–water partition coefficient (Wildman–Crippen LogP) is 3.72. The molecule has 3 rings (SSSR count). The van der Waals surface area contributed by atoms with Crippen molar-refractivity contribution in [1.29, 1.82) is 0 Å². The van der Waals surface area contributed by atoms with Crippen LogP contribution in [0.1, 0.15) is 55.5 Å². The number of sulfonamides is 1. The molecule has 0 saturated carbocycles. The van der Waals surface area contributed by atoms with Gasteiger partial charge in [0.05, 0.1) is 17.5 Å². The summed E-state index contributed by atoms with van der Waals surface area (Å²) in [5, 5.41) is 5.25. The first kappa shape index (κ1) is 25.7. The van der Waals surface area contributed by atoms with Gasteiger partial charge in [-0.2, -0.15) is 4.31 Å². The number of benzene rings is 2. The molecule has 0 aromatic heterocycles. The van der Waals surface area contributed by atoms with Gasteiger partial charge in [-0.3, -0.25) is 9.59 Å². The largest absolute Gasteiger partial charge is 0.491 e. The third-order valence-corrected chi connectivity index (χ3v) is 7.59. The van der Waals surface area contributed by atoms with E-state index in [1.165, 1.54) is 10.4 Å². The van der Waals surface area contributed by atoms with Gasteiger partial charge in [0.1, 0.15) is 5.75 Å². The molecule has 0 aliphatic carbocycles. The lowest BCUT2D eigenvalue weighted by Gasteiger charge is -2.21. The molecule has 2 aromatic rings. The van der Waals surface area contributed by atoms with E-state index in [4.69, 9.17) is 4.74 Å². The number of nitrogens with zero attached hydrogens (tertiary/aromatic N) is 1. The second kappa shape index (κ2) is 11.5. The van der Waals surface area contributed by atoms with Crippen LogP contribution in [0.3, 0.4) is 0 Å². The van der Waals surface area contributed by atoms with Crippen molar-refractivity contribution in [2.75, 3.05) is 25.0 Å². The molecule has 2 amide bonds. The minimum absolute atomic E-state index is 0.0324. The molecule has 1 aliphatic rings. The fraction of sp³-hybridized carbons (Fsp3) is 0.440. The summed E-state index contributed by atoms with van der Waals surface area (Å²) in [5.41, 5.74) is 1.40. The highest BCUT2D eigenvalue weighted by Crippen LogP contribution is 2.25. The van der Waals surface area contributed by atoms with E-state index in [-0.39, 0.29) is 23.5 Å². The summed E-state index contributed by atoms with van der Waals surface area (Å²) in [6.07, 6.45) is 3.79. The van der Waals surface area contributed by atoms with Gasteiger partial charge in [0.15, 0.2) is 0 Å². The number of aryl methyl sites for hydroxylation is 1. The zero-order valence-corrected chi connectivity index (χ0v) is 20.8. The monoisotopic (exact) mass is 487 g/mol. The van der Waals surface area contributed by atoms with Crippen molar-refractivity contribution in [2.24, 2.45) is 0 Å². The molecular weight excluding hydrogens is 454 g/mol. The first-order valence-corrected chi connectivity index (χ1v) is 13.1. The summed E-state index contributed by atoms with van der Waals surface area (Å²) in [6.45, 7) is 6.35. The van der Waals surface area contributed by atoms with Crippen molar-refractivity contribution in [3.8, 4) is 5.75 Å². The highest BCUT2D eigenvalue weighted by Gasteiger charge is 2.27. The standard InChI is InChI=1S/C25H33N3O5S/c1-18(2)33-22-12-9-20(10-13-22)25(30)26-17-24(29)27-21-11-8-19(3)23(16-21)34(31,32)28-14-6-4-5-7-15-28/h8-13,16,18H,4-7,14-15,17H2,1-3H3,(H,26,30)(H,27,29). The van der Waals surface area contributed by atoms with Crippen LogP contribution in [-0.2, 0) is 14.8 Å². The molecule has 184 valence electrons. The topological polar surface area (TPSA) is 105 Å². The number of hydrogen-bond acceptors (Lipinski definition) is 5. The molecular formula is C25H33N3O5S. The van der Waals surface area contributed by atoms with Gasteiger partial charge in [-0.05, 0) is 75.6 Å². The molecule has 2 aromatic carbocycles. The maximum absolute atomic E-state index is 13.2. The van der Waals surface area contributed by atoms with E-state index in [1.54, 1.807) is 43.3 Å². The molecule has 0 spiro atoms. The van der Waals surface area contributed by atoms with E-state index in [1.807, 2.05) is 13.8 Å². The van der Waals surface area contributed by atoms with Crippen LogP contribution >= 0.6 is 0 Å². The third kappa shape index (κ3) is 6.80. The minimum atomic E-state index is -3.65. The maximum atomic E-state index is 13.2. The van der Waals surface area contributed by atoms with Gasteiger partial charge in [0.25, 0.3) is 5.91 Å². The highest BCUT2D eigenvalue weighted by molar-refractivity contribution is 7.89. The number of rotatable bonds is 8. The Bertz CT molecular complexity index is 1110. The summed E-state index contributed by atoms with van der Waals surface area (Å²) in [5.74, 6) is -0.177. The fourth-order valence-corrected chi connectivity index (χ4v) is 5.57. The van der Waals surface area contributed by atoms with E-state index in [0.717, 1.165) is 25.7 Å². The Morgan fingerprint density at radius 1 is 1.00 bits per heavy atom. The molecule has 1 aliphatic heterocycles. The van der Waals surface area contributed by atoms with Gasteiger partial charge >= 0.3 is 0 Å². The summed E-state index contributed by atoms with van der Waals surface area (Å²) in [6, 6.07) is 11.5. The number of ether oxygens (including phenoxy) is 1. The maximum Gasteiger partial charge on any atom is 0.251 e. The predicted molar refractivity (Wildman–Crippen MR) is 132 cm³/mol. The average molecular weight is 488 g/mol. The molecule has 2 N–H and O–H groups in total. The van der Waals surface area contributed by atoms with Gasteiger partial charge < -0.3 is 15.4 Å². The summed E-state index contributed by atoms with van der Waals surface area (Å²) < 4.78 is 33.5. The minimum Gasteiger partial charge on any atom is -0.491 e. The second-order valence-electron chi connectivity index (χ2n) is 8.72. The van der Waals surface area contributed by atoms with Crippen molar-refractivity contribution in [2.45, 2.75) is 57.5 Å². The van der Waals surface area contributed by atoms with Gasteiger partial charge in [-0.25, -0.2) is 8.42 Å². The number of carbonyl (C=O) groups excluding carboxylic acids is 2. The van der Waals surface area contributed by atoms with Crippen LogP contribution in [0.4, 0.5) is 5.69 Å². The quantitative estimate of drug-likeness (QED) is 0.591. The van der Waals surface area contributed by atoms with Crippen LogP contribution < -0.4 is 15.4 Å². The Balaban J connectivity index is 1.61. The van der Waals surface area contributed by atoms with Crippen LogP contribution in [0.15, 0.2) is 47.4 Å². The van der Waals surface area contributed by atoms with Crippen molar-refractivity contribution < 1.29 is 22.7 Å². The Morgan fingerprint density at radius 3 is 2.26 bits per heavy atom. The van der Waals surface area contributed by atoms with Gasteiger partial charge in [-0.15, -0.1) is 0 Å². The van der Waals surface area contributed by atoms with Crippen LogP contribution in [0, 0.1) is 6.92 Å². The third-order valence-electron chi connectivity index (χ3n) is 5.55. The molecule has 34 heavy (non-hydrogen) atoms. The van der Waals surface area contributed by atoms with Gasteiger partial charge in [0, 0.05) is 24.3 Å². The Morgan fingerprint density at radius 2 is 1.65 bits per heavy atom. The lowest BCUT2D eigenvalue weighted by atomic mass is 10.2. The van der Waals surface area contributed by atoms with Crippen molar-refractivity contribution >= 4 is 27.5 Å². The molecule has 0 radical (unpaired) electrons. The average Bonchev–Trinajstić information content (AvgIpc) is 3.09. The zero-order chi connectivity index (χ0) is 24.7. The molecule has 1 saturated heterocycles. The summed E-state index contributed by atoms with van der Waals surface area (Å²) in [7, 11) is -3.65. The lowest BCUT2D eigenvalue weighted by molar-refractivity contribution is -0.115. The lowest BCUT2D eigenvalue weighted by Crippen LogP contribution is -2.33. The normalized spacial score (nSPS) is 14.9. The zero-order valence-electron chi connectivity index (χ0n) is 20.0. The molecule has 1 fully saturated rings. The van der Waals surface area contributed by atoms with E-state index < -0.39 is 15.9 Å². The number of amides is 2. The van der Waals surface area contributed by atoms with Crippen LogP contribution in [0.2, 0.25) is 0 Å². The molecule has 8 nitrogen and oxygen atoms in total. The van der Waals surface area contributed by atoms with Gasteiger partial charge in [-0.1, -0.05) is 18.9 Å². The number of hydrogen-bond donors (Lipinski definition) is 2. The molecule has 0 bridgehead atoms. The van der Waals surface area contributed by atoms with Gasteiger partial charge in [0.2, 0.25) is 15.9 Å². The Hall–Kier alpha value is -2.91. The SMILES string of the molecule is Cc1ccc(NC(=O)CNC(=O)c2ccc(OC(C)C)cc2)cc1S(=O)(=O)N1CCCCCC1. The van der Waals surface area contributed by atoms with Crippen molar-refractivity contribution in [1.82, 2.24) is 9.62 Å². The molecule has 9 heteroatoms. The Kier molecular flexibility index (Phi) is 8.68. The molecule has 1 heterocycles. The van der Waals surface area contributed by atoms with Crippen molar-refractivity contribution in [3.63, 3.8) is 0 Å². The molecule has 0 atom stereocenters. The second-order valence-corrected chi connectivity index (χ2v) is 10.6. The van der Waals surface area contributed by atoms with Crippen LogP contribution in [-0.4, -0.2) is 50.3 Å². The Labute approximate surface area is 201 Å². The highest BCUT2D eigenvalue weighted by atomic mass is 32.2. The number of nitrogens with one attached hydrogen (secondary N) is 2. The first-order valence-electron chi connectivity index (χ1n) is 11.6. The van der Waals surface area contributed by atoms with E-state index in [2.05, 4.69) is 10.6 Å². The summed E-state index contributed by atoms with van der Waals surface area (Å²) in [4.78, 5) is 25.0. The van der Waals surface area contributed by atoms with Crippen LogP contribution in [0.5, 0.6) is 5.75 Å². The smallest absolute Gasteiger partial charge is 0.251 e. The fourth-order valence-electron chi connectivity index (χ4n) is 3.80. The number of carbonyl (C=O) groups is 2. The van der Waals surface area contributed by atoms with E-state index in [0.29, 0.717) is 35.7 Å². The van der Waals surface area contributed by atoms with Crippen LogP contribution in [0.25, 0.3) is 0 Å². The summed E-state index contributed by atoms with van der Waals surface area (Å²) >= 11 is 0. The first-order chi connectivity index (χ1) is 16.2. The van der Waals surface area contributed by atoms with E-state index in [9.17, 15) is 18.0 Å². The van der Waals surface area contributed by atoms with E-state index >= 15 is 0 Å². The van der Waals surface area contributed by atoms with Crippen molar-refractivity contribution in [3.05, 3.63) is 53.6 Å². The number of anilines is 1.